The Kier molecular flexibility index (Phi) is 5.00. The lowest BCUT2D eigenvalue weighted by Crippen LogP contribution is -2.56. The second-order valence-corrected chi connectivity index (χ2v) is 12.7. The highest BCUT2D eigenvalue weighted by atomic mass is 16.5. The van der Waals surface area contributed by atoms with Gasteiger partial charge in [0.05, 0.1) is 11.0 Å². The van der Waals surface area contributed by atoms with Crippen LogP contribution in [0.3, 0.4) is 0 Å². The van der Waals surface area contributed by atoms with E-state index in [2.05, 4.69) is 138 Å². The van der Waals surface area contributed by atoms with Crippen molar-refractivity contribution in [2.75, 3.05) is 0 Å². The fourth-order valence-electron chi connectivity index (χ4n) is 8.37. The van der Waals surface area contributed by atoms with Gasteiger partial charge in [0.1, 0.15) is 34.5 Å². The lowest BCUT2D eigenvalue weighted by Gasteiger charge is -2.40. The molecule has 0 amide bonds. The largest absolute Gasteiger partial charge is 0.487 e. The lowest BCUT2D eigenvalue weighted by atomic mass is 9.33. The third kappa shape index (κ3) is 3.43. The van der Waals surface area contributed by atoms with Gasteiger partial charge in [-0.3, -0.25) is 0 Å². The Morgan fingerprint density at radius 1 is 0.638 bits per heavy atom. The van der Waals surface area contributed by atoms with Crippen LogP contribution in [0.2, 0.25) is 0 Å². The molecule has 4 nitrogen and oxygen atoms in total. The molecule has 1 unspecified atom stereocenters. The molecule has 8 aromatic rings. The van der Waals surface area contributed by atoms with Crippen LogP contribution in [0.1, 0.15) is 12.0 Å². The third-order valence-corrected chi connectivity index (χ3v) is 10.2. The standard InChI is InChI=1S/C42H26BNO3/c1-2-12-26(13-3-1)44-32-18-8-4-14-27(32)29-24-36-40(28-15-5-9-19-33(28)45-36)39(42(29)44)25-22-37-41-38(23-25)47-35-21-11-7-17-31(35)43(41)30-16-6-10-20-34(30)46-37/h1-22,24,38H,23H2. The van der Waals surface area contributed by atoms with E-state index < -0.39 is 0 Å². The Hall–Kier alpha value is -5.94. The molecule has 0 N–H and O–H groups in total. The van der Waals surface area contributed by atoms with Crippen molar-refractivity contribution < 1.29 is 13.9 Å². The van der Waals surface area contributed by atoms with Gasteiger partial charge in [0, 0.05) is 39.2 Å². The van der Waals surface area contributed by atoms with Crippen molar-refractivity contribution >= 4 is 67.0 Å². The minimum atomic E-state index is -0.170. The van der Waals surface area contributed by atoms with Crippen LogP contribution in [-0.2, 0) is 0 Å². The van der Waals surface area contributed by atoms with Crippen molar-refractivity contribution in [3.05, 3.63) is 156 Å². The molecule has 6 aromatic carbocycles. The average Bonchev–Trinajstić information content (AvgIpc) is 3.66. The summed E-state index contributed by atoms with van der Waals surface area (Å²) in [5.41, 5.74) is 11.1. The Labute approximate surface area is 270 Å². The van der Waals surface area contributed by atoms with Gasteiger partial charge in [0.25, 0.3) is 6.71 Å². The fourth-order valence-corrected chi connectivity index (χ4v) is 8.37. The van der Waals surface area contributed by atoms with Crippen LogP contribution in [0.5, 0.6) is 11.5 Å². The molecule has 0 fully saturated rings. The number of hydrogen-bond acceptors (Lipinski definition) is 3. The van der Waals surface area contributed by atoms with Crippen molar-refractivity contribution in [2.24, 2.45) is 0 Å². The molecule has 2 aromatic heterocycles. The van der Waals surface area contributed by atoms with E-state index in [0.717, 1.165) is 66.9 Å². The van der Waals surface area contributed by atoms with Crippen LogP contribution < -0.4 is 20.4 Å². The summed E-state index contributed by atoms with van der Waals surface area (Å²) in [5, 5.41) is 4.58. The Morgan fingerprint density at radius 2 is 1.34 bits per heavy atom. The number of rotatable bonds is 2. The van der Waals surface area contributed by atoms with Crippen LogP contribution >= 0.6 is 0 Å². The first-order valence-electron chi connectivity index (χ1n) is 16.2. The second kappa shape index (κ2) is 9.30. The Bertz CT molecular complexity index is 2680. The maximum Gasteiger partial charge on any atom is 0.255 e. The van der Waals surface area contributed by atoms with Crippen LogP contribution in [0, 0.1) is 0 Å². The smallest absolute Gasteiger partial charge is 0.255 e. The summed E-state index contributed by atoms with van der Waals surface area (Å²) < 4.78 is 22.7. The van der Waals surface area contributed by atoms with Gasteiger partial charge in [-0.15, -0.1) is 0 Å². The van der Waals surface area contributed by atoms with Crippen LogP contribution in [0.15, 0.2) is 155 Å². The maximum atomic E-state index is 6.90. The molecule has 1 atom stereocenters. The summed E-state index contributed by atoms with van der Waals surface area (Å²) in [6, 6.07) is 46.9. The number of para-hydroxylation sites is 5. The monoisotopic (exact) mass is 603 g/mol. The van der Waals surface area contributed by atoms with E-state index in [4.69, 9.17) is 13.9 Å². The molecule has 0 spiro atoms. The summed E-state index contributed by atoms with van der Waals surface area (Å²) in [5.74, 6) is 2.73. The number of nitrogens with zero attached hydrogens (tertiary/aromatic N) is 1. The highest BCUT2D eigenvalue weighted by Crippen LogP contribution is 2.48. The molecule has 0 saturated carbocycles. The van der Waals surface area contributed by atoms with Gasteiger partial charge < -0.3 is 18.5 Å². The number of aromatic nitrogens is 1. The Morgan fingerprint density at radius 3 is 2.21 bits per heavy atom. The third-order valence-electron chi connectivity index (χ3n) is 10.2. The van der Waals surface area contributed by atoms with Crippen molar-refractivity contribution in [3.63, 3.8) is 0 Å². The van der Waals surface area contributed by atoms with Gasteiger partial charge in [0.2, 0.25) is 0 Å². The molecular weight excluding hydrogens is 577 g/mol. The highest BCUT2D eigenvalue weighted by molar-refractivity contribution is 6.92. The molecule has 220 valence electrons. The predicted molar refractivity (Wildman–Crippen MR) is 191 cm³/mol. The average molecular weight is 603 g/mol. The van der Waals surface area contributed by atoms with Crippen molar-refractivity contribution in [2.45, 2.75) is 12.5 Å². The van der Waals surface area contributed by atoms with Gasteiger partial charge in [-0.25, -0.2) is 0 Å². The zero-order valence-electron chi connectivity index (χ0n) is 25.3. The number of fused-ring (bicyclic) bond motifs is 10. The van der Waals surface area contributed by atoms with Gasteiger partial charge in [-0.05, 0) is 70.5 Å². The van der Waals surface area contributed by atoms with Gasteiger partial charge in [-0.2, -0.15) is 0 Å². The molecule has 0 bridgehead atoms. The molecule has 0 radical (unpaired) electrons. The van der Waals surface area contributed by atoms with E-state index in [-0.39, 0.29) is 12.8 Å². The number of allylic oxidation sites excluding steroid dienone is 1. The van der Waals surface area contributed by atoms with E-state index in [1.165, 1.54) is 27.4 Å². The van der Waals surface area contributed by atoms with E-state index in [1.807, 2.05) is 6.07 Å². The summed E-state index contributed by atoms with van der Waals surface area (Å²) in [6.45, 7) is 0.0871. The molecular formula is C42H26BNO3. The molecule has 47 heavy (non-hydrogen) atoms. The number of benzene rings is 6. The van der Waals surface area contributed by atoms with Gasteiger partial charge in [-0.1, -0.05) is 91.0 Å². The maximum absolute atomic E-state index is 6.90. The molecule has 1 aliphatic carbocycles. The quantitative estimate of drug-likeness (QED) is 0.186. The SMILES string of the molecule is C1=C(c2c3c(cc4c5ccccc5n(-c5ccccc5)c24)oc2ccccc23)CC2Oc3ccccc3B3C2=C1Oc1ccccc13. The Balaban J connectivity index is 1.28. The van der Waals surface area contributed by atoms with E-state index in [1.54, 1.807) is 0 Å². The zero-order chi connectivity index (χ0) is 30.6. The fraction of sp³-hybridized carbons (Fsp3) is 0.0476. The first-order valence-corrected chi connectivity index (χ1v) is 16.2. The second-order valence-electron chi connectivity index (χ2n) is 12.7. The number of hydrogen-bond donors (Lipinski definition) is 0. The molecule has 5 heteroatoms. The van der Waals surface area contributed by atoms with Gasteiger partial charge >= 0.3 is 0 Å². The molecule has 0 saturated heterocycles. The summed E-state index contributed by atoms with van der Waals surface area (Å²) in [7, 11) is 0. The van der Waals surface area contributed by atoms with E-state index in [0.29, 0.717) is 6.42 Å². The molecule has 4 heterocycles. The molecule has 11 rings (SSSR count). The molecule has 2 aliphatic heterocycles. The van der Waals surface area contributed by atoms with E-state index >= 15 is 0 Å². The number of furan rings is 1. The molecule has 3 aliphatic rings. The summed E-state index contributed by atoms with van der Waals surface area (Å²) in [4.78, 5) is 0. The van der Waals surface area contributed by atoms with Crippen molar-refractivity contribution in [1.29, 1.82) is 0 Å². The zero-order valence-corrected chi connectivity index (χ0v) is 25.3. The van der Waals surface area contributed by atoms with Crippen molar-refractivity contribution in [3.8, 4) is 17.2 Å². The van der Waals surface area contributed by atoms with Crippen LogP contribution in [0.4, 0.5) is 0 Å². The minimum absolute atomic E-state index is 0.0871. The lowest BCUT2D eigenvalue weighted by molar-refractivity contribution is 0.238. The van der Waals surface area contributed by atoms with Gasteiger partial charge in [0.15, 0.2) is 0 Å². The summed E-state index contributed by atoms with van der Waals surface area (Å²) >= 11 is 0. The summed E-state index contributed by atoms with van der Waals surface area (Å²) in [6.07, 6.45) is 2.82. The number of ether oxygens (including phenoxy) is 2. The minimum Gasteiger partial charge on any atom is -0.487 e. The van der Waals surface area contributed by atoms with Crippen LogP contribution in [0.25, 0.3) is 55.0 Å². The normalized spacial score (nSPS) is 16.6. The highest BCUT2D eigenvalue weighted by Gasteiger charge is 2.45. The van der Waals surface area contributed by atoms with Crippen LogP contribution in [-0.4, -0.2) is 17.4 Å². The first-order chi connectivity index (χ1) is 23.3. The van der Waals surface area contributed by atoms with Crippen molar-refractivity contribution in [1.82, 2.24) is 4.57 Å². The predicted octanol–water partition coefficient (Wildman–Crippen LogP) is 8.73. The first kappa shape index (κ1) is 25.3. The topological polar surface area (TPSA) is 36.5 Å². The van der Waals surface area contributed by atoms with E-state index in [9.17, 15) is 0 Å².